The zero-order chi connectivity index (χ0) is 28.0. The van der Waals surface area contributed by atoms with E-state index in [0.717, 1.165) is 43.1 Å². The van der Waals surface area contributed by atoms with Gasteiger partial charge in [0.2, 0.25) is 0 Å². The lowest BCUT2D eigenvalue weighted by molar-refractivity contribution is 0.260. The van der Waals surface area contributed by atoms with Gasteiger partial charge in [0.1, 0.15) is 0 Å². The van der Waals surface area contributed by atoms with Crippen LogP contribution in [0.5, 0.6) is 0 Å². The highest BCUT2D eigenvalue weighted by Crippen LogP contribution is 2.50. The Morgan fingerprint density at radius 3 is 2.63 bits per heavy atom. The van der Waals surface area contributed by atoms with Gasteiger partial charge in [-0.05, 0) is 133 Å². The van der Waals surface area contributed by atoms with Crippen molar-refractivity contribution in [3.8, 4) is 6.07 Å². The van der Waals surface area contributed by atoms with Gasteiger partial charge in [-0.25, -0.2) is 0 Å². The van der Waals surface area contributed by atoms with Crippen LogP contribution in [0.3, 0.4) is 0 Å². The average Bonchev–Trinajstić information content (AvgIpc) is 3.47. The normalized spacial score (nSPS) is 26.0. The van der Waals surface area contributed by atoms with E-state index in [0.29, 0.717) is 11.8 Å². The fourth-order valence-electron chi connectivity index (χ4n) is 7.76. The van der Waals surface area contributed by atoms with E-state index in [1.165, 1.54) is 66.4 Å². The molecule has 1 saturated carbocycles. The van der Waals surface area contributed by atoms with Gasteiger partial charge in [-0.2, -0.15) is 5.26 Å². The molecule has 2 aromatic carbocycles. The fourth-order valence-corrected chi connectivity index (χ4v) is 7.76. The number of hydrogen-bond acceptors (Lipinski definition) is 1. The van der Waals surface area contributed by atoms with E-state index in [4.69, 9.17) is 0 Å². The first-order chi connectivity index (χ1) is 20.2. The Labute approximate surface area is 247 Å². The second kappa shape index (κ2) is 12.9. The molecule has 0 aliphatic heterocycles. The van der Waals surface area contributed by atoms with Crippen molar-refractivity contribution in [2.75, 3.05) is 0 Å². The highest BCUT2D eigenvalue weighted by Gasteiger charge is 2.38. The Balaban J connectivity index is 1.17. The number of fused-ring (bicyclic) bond motifs is 3. The Kier molecular flexibility index (Phi) is 8.67. The lowest BCUT2D eigenvalue weighted by Gasteiger charge is -2.30. The molecule has 4 aliphatic rings. The molecule has 2 aromatic rings. The summed E-state index contributed by atoms with van der Waals surface area (Å²) in [5.41, 5.74) is 10.5. The van der Waals surface area contributed by atoms with E-state index in [9.17, 15) is 5.26 Å². The van der Waals surface area contributed by atoms with Gasteiger partial charge < -0.3 is 0 Å². The van der Waals surface area contributed by atoms with Gasteiger partial charge in [0.15, 0.2) is 0 Å². The van der Waals surface area contributed by atoms with Crippen molar-refractivity contribution in [1.29, 1.82) is 5.26 Å². The van der Waals surface area contributed by atoms with E-state index in [2.05, 4.69) is 110 Å². The number of benzene rings is 2. The summed E-state index contributed by atoms with van der Waals surface area (Å²) < 4.78 is 0. The fraction of sp³-hybridized carbons (Fsp3) is 0.375. The maximum Gasteiger partial charge on any atom is 0.0947 e. The second-order valence-corrected chi connectivity index (χ2v) is 12.5. The van der Waals surface area contributed by atoms with Crippen molar-refractivity contribution >= 4 is 11.6 Å². The van der Waals surface area contributed by atoms with E-state index >= 15 is 0 Å². The van der Waals surface area contributed by atoms with Crippen LogP contribution < -0.4 is 0 Å². The third-order valence-electron chi connectivity index (χ3n) is 9.92. The molecule has 0 heterocycles. The van der Waals surface area contributed by atoms with Crippen LogP contribution >= 0.6 is 0 Å². The Morgan fingerprint density at radius 1 is 0.976 bits per heavy atom. The number of aryl methyl sites for hydroxylation is 1. The number of nitriles is 1. The van der Waals surface area contributed by atoms with Crippen LogP contribution in [0.4, 0.5) is 0 Å². The van der Waals surface area contributed by atoms with Crippen molar-refractivity contribution in [3.05, 3.63) is 130 Å². The molecule has 41 heavy (non-hydrogen) atoms. The zero-order valence-corrected chi connectivity index (χ0v) is 24.6. The first-order valence-corrected chi connectivity index (χ1v) is 16.0. The summed E-state index contributed by atoms with van der Waals surface area (Å²) in [5.74, 6) is 2.90. The zero-order valence-electron chi connectivity index (χ0n) is 24.6. The number of allylic oxidation sites excluding steroid dienone is 11. The monoisotopic (exact) mass is 537 g/mol. The van der Waals surface area contributed by atoms with Crippen molar-refractivity contribution in [2.24, 2.45) is 17.8 Å². The third kappa shape index (κ3) is 6.33. The van der Waals surface area contributed by atoms with E-state index in [-0.39, 0.29) is 0 Å². The molecule has 0 aromatic heterocycles. The molecule has 0 spiro atoms. The minimum absolute atomic E-state index is 0.634. The summed E-state index contributed by atoms with van der Waals surface area (Å²) >= 11 is 0. The van der Waals surface area contributed by atoms with Gasteiger partial charge in [0.25, 0.3) is 0 Å². The molecular weight excluding hydrogens is 494 g/mol. The largest absolute Gasteiger partial charge is 0.193 e. The van der Waals surface area contributed by atoms with Gasteiger partial charge in [-0.3, -0.25) is 0 Å². The van der Waals surface area contributed by atoms with Crippen molar-refractivity contribution < 1.29 is 0 Å². The number of hydrogen-bond donors (Lipinski definition) is 0. The summed E-state index contributed by atoms with van der Waals surface area (Å²) in [4.78, 5) is 0. The first kappa shape index (κ1) is 27.5. The molecule has 1 nitrogen and oxygen atoms in total. The summed E-state index contributed by atoms with van der Waals surface area (Å²) in [7, 11) is 0. The summed E-state index contributed by atoms with van der Waals surface area (Å²) in [6.45, 7) is 2.07. The van der Waals surface area contributed by atoms with Crippen LogP contribution in [0, 0.1) is 29.1 Å². The molecule has 6 rings (SSSR count). The van der Waals surface area contributed by atoms with Gasteiger partial charge in [-0.1, -0.05) is 98.3 Å². The molecule has 0 saturated heterocycles. The standard InChI is InChI=1S/C40H43N/c1-2-29(28-41)24-32-20-21-35-22-23-36(37-14-9-15-38(37)40(35)27-32)25-30-16-18-31(19-17-30)26-39(33-10-5-3-6-11-33)34-12-7-4-8-13-34/h3,5-7,10-13,16,18-21,24,26-27,30,36-38H,2,4,8-9,14-15,17,22-23,25H2,1H3. The van der Waals surface area contributed by atoms with Crippen molar-refractivity contribution in [3.63, 3.8) is 0 Å². The summed E-state index contributed by atoms with van der Waals surface area (Å²) in [6, 6.07) is 20.3. The van der Waals surface area contributed by atoms with Crippen LogP contribution in [-0.2, 0) is 6.42 Å². The van der Waals surface area contributed by atoms with Gasteiger partial charge in [0, 0.05) is 5.57 Å². The smallest absolute Gasteiger partial charge is 0.0947 e. The van der Waals surface area contributed by atoms with Crippen LogP contribution in [0.15, 0.2) is 108 Å². The Morgan fingerprint density at radius 2 is 1.88 bits per heavy atom. The molecule has 1 fully saturated rings. The van der Waals surface area contributed by atoms with Crippen LogP contribution in [-0.4, -0.2) is 0 Å². The van der Waals surface area contributed by atoms with Crippen LogP contribution in [0.1, 0.15) is 92.9 Å². The summed E-state index contributed by atoms with van der Waals surface area (Å²) in [5, 5.41) is 9.45. The molecular formula is C40H43N. The second-order valence-electron chi connectivity index (χ2n) is 12.5. The molecule has 4 aliphatic carbocycles. The highest BCUT2D eigenvalue weighted by atomic mass is 14.4. The van der Waals surface area contributed by atoms with Gasteiger partial charge in [0.05, 0.1) is 6.07 Å². The quantitative estimate of drug-likeness (QED) is 0.322. The molecule has 4 unspecified atom stereocenters. The number of rotatable bonds is 7. The van der Waals surface area contributed by atoms with Gasteiger partial charge >= 0.3 is 0 Å². The molecule has 0 bridgehead atoms. The van der Waals surface area contributed by atoms with Crippen molar-refractivity contribution in [2.45, 2.75) is 77.0 Å². The Bertz CT molecular complexity index is 1470. The minimum Gasteiger partial charge on any atom is -0.193 e. The lowest BCUT2D eigenvalue weighted by Crippen LogP contribution is -2.19. The third-order valence-corrected chi connectivity index (χ3v) is 9.92. The maximum absolute atomic E-state index is 9.45. The lowest BCUT2D eigenvalue weighted by atomic mass is 9.75. The van der Waals surface area contributed by atoms with Crippen LogP contribution in [0.2, 0.25) is 0 Å². The minimum atomic E-state index is 0.634. The SMILES string of the molecule is CCC(C#N)=Cc1ccc2c(c1)C1CCCC1C(CC1C=CC(C=C(C3=CCCC=C3)c3ccccc3)=CC1)CC2. The van der Waals surface area contributed by atoms with Crippen LogP contribution in [0.25, 0.3) is 11.6 Å². The molecule has 0 radical (unpaired) electrons. The summed E-state index contributed by atoms with van der Waals surface area (Å²) in [6.07, 6.45) is 30.9. The van der Waals surface area contributed by atoms with E-state index in [1.807, 2.05) is 0 Å². The molecule has 4 atom stereocenters. The first-order valence-electron chi connectivity index (χ1n) is 16.0. The molecule has 208 valence electrons. The average molecular weight is 538 g/mol. The molecule has 0 N–H and O–H groups in total. The number of nitrogens with zero attached hydrogens (tertiary/aromatic N) is 1. The van der Waals surface area contributed by atoms with E-state index < -0.39 is 0 Å². The predicted molar refractivity (Wildman–Crippen MR) is 173 cm³/mol. The highest BCUT2D eigenvalue weighted by molar-refractivity contribution is 5.84. The Hall–Kier alpha value is -3.63. The predicted octanol–water partition coefficient (Wildman–Crippen LogP) is 10.7. The maximum atomic E-state index is 9.45. The molecule has 1 heteroatoms. The van der Waals surface area contributed by atoms with Gasteiger partial charge in [-0.15, -0.1) is 0 Å². The van der Waals surface area contributed by atoms with E-state index in [1.54, 1.807) is 11.1 Å². The topological polar surface area (TPSA) is 23.8 Å². The molecule has 0 amide bonds. The van der Waals surface area contributed by atoms with Crippen molar-refractivity contribution in [1.82, 2.24) is 0 Å².